The average Bonchev–Trinajstić information content (AvgIpc) is 2.94. The summed E-state index contributed by atoms with van der Waals surface area (Å²) in [5, 5.41) is 3.28. The van der Waals surface area contributed by atoms with Gasteiger partial charge in [0, 0.05) is 16.6 Å². The van der Waals surface area contributed by atoms with Crippen LogP contribution in [0.3, 0.4) is 0 Å². The maximum atomic E-state index is 13.4. The third-order valence-electron chi connectivity index (χ3n) is 4.47. The highest BCUT2D eigenvalue weighted by Crippen LogP contribution is 2.27. The first-order valence-corrected chi connectivity index (χ1v) is 8.54. The van der Waals surface area contributed by atoms with E-state index in [2.05, 4.69) is 5.32 Å². The van der Waals surface area contributed by atoms with Crippen molar-refractivity contribution < 1.29 is 23.1 Å². The van der Waals surface area contributed by atoms with Gasteiger partial charge in [0.25, 0.3) is 5.91 Å². The van der Waals surface area contributed by atoms with Crippen molar-refractivity contribution in [2.75, 3.05) is 5.32 Å². The fourth-order valence-corrected chi connectivity index (χ4v) is 2.89. The summed E-state index contributed by atoms with van der Waals surface area (Å²) in [4.78, 5) is 24.8. The second-order valence-electron chi connectivity index (χ2n) is 6.50. The summed E-state index contributed by atoms with van der Waals surface area (Å²) < 4.78 is 24.1. The Bertz CT molecular complexity index is 1020. The molecule has 0 unspecified atom stereocenters. The Morgan fingerprint density at radius 2 is 1.78 bits per heavy atom. The molecule has 2 aromatic carbocycles. The molecular formula is C21H20FNO4. The van der Waals surface area contributed by atoms with Crippen molar-refractivity contribution >= 4 is 28.5 Å². The summed E-state index contributed by atoms with van der Waals surface area (Å²) in [5.41, 5.74) is 3.38. The predicted molar refractivity (Wildman–Crippen MR) is 100 cm³/mol. The Morgan fingerprint density at radius 1 is 1.11 bits per heavy atom. The minimum Gasteiger partial charge on any atom is -0.449 e. The number of fused-ring (bicyclic) bond motifs is 1. The lowest BCUT2D eigenvalue weighted by Gasteiger charge is -2.15. The van der Waals surface area contributed by atoms with E-state index in [1.165, 1.54) is 25.1 Å². The van der Waals surface area contributed by atoms with E-state index < -0.39 is 23.8 Å². The Hall–Kier alpha value is -3.15. The molecule has 1 amide bonds. The normalized spacial score (nSPS) is 12.0. The first kappa shape index (κ1) is 18.6. The lowest BCUT2D eigenvalue weighted by atomic mass is 10.1. The van der Waals surface area contributed by atoms with Gasteiger partial charge in [-0.3, -0.25) is 4.79 Å². The van der Waals surface area contributed by atoms with Crippen LogP contribution in [0.4, 0.5) is 10.1 Å². The van der Waals surface area contributed by atoms with Crippen LogP contribution in [0.1, 0.15) is 34.2 Å². The maximum Gasteiger partial charge on any atom is 0.375 e. The van der Waals surface area contributed by atoms with Crippen LogP contribution in [0.5, 0.6) is 0 Å². The van der Waals surface area contributed by atoms with E-state index in [0.717, 1.165) is 11.1 Å². The molecule has 3 aromatic rings. The highest BCUT2D eigenvalue weighted by atomic mass is 19.1. The number of amides is 1. The van der Waals surface area contributed by atoms with Gasteiger partial charge in [-0.25, -0.2) is 9.18 Å². The molecule has 0 radical (unpaired) electrons. The van der Waals surface area contributed by atoms with E-state index in [9.17, 15) is 14.0 Å². The first-order valence-electron chi connectivity index (χ1n) is 8.54. The number of benzene rings is 2. The zero-order valence-corrected chi connectivity index (χ0v) is 15.6. The van der Waals surface area contributed by atoms with Crippen molar-refractivity contribution in [2.24, 2.45) is 0 Å². The first-order chi connectivity index (χ1) is 12.8. The van der Waals surface area contributed by atoms with E-state index in [0.29, 0.717) is 22.2 Å². The molecular weight excluding hydrogens is 349 g/mol. The number of carbonyl (C=O) groups is 2. The van der Waals surface area contributed by atoms with Gasteiger partial charge in [-0.2, -0.15) is 0 Å². The molecule has 27 heavy (non-hydrogen) atoms. The summed E-state index contributed by atoms with van der Waals surface area (Å²) >= 11 is 0. The highest BCUT2D eigenvalue weighted by Gasteiger charge is 2.25. The second kappa shape index (κ2) is 7.23. The number of furan rings is 1. The van der Waals surface area contributed by atoms with Crippen LogP contribution in [-0.2, 0) is 9.53 Å². The van der Waals surface area contributed by atoms with E-state index in [1.54, 1.807) is 6.92 Å². The number of aryl methyl sites for hydroxylation is 3. The van der Waals surface area contributed by atoms with Crippen LogP contribution in [0.25, 0.3) is 11.0 Å². The minimum atomic E-state index is -1.03. The van der Waals surface area contributed by atoms with Gasteiger partial charge in [-0.15, -0.1) is 0 Å². The van der Waals surface area contributed by atoms with Gasteiger partial charge < -0.3 is 14.5 Å². The van der Waals surface area contributed by atoms with Crippen molar-refractivity contribution in [1.29, 1.82) is 0 Å². The number of hydrogen-bond donors (Lipinski definition) is 1. The number of rotatable bonds is 4. The monoisotopic (exact) mass is 369 g/mol. The van der Waals surface area contributed by atoms with Crippen molar-refractivity contribution in [2.45, 2.75) is 33.8 Å². The molecule has 1 aromatic heterocycles. The van der Waals surface area contributed by atoms with Crippen LogP contribution in [0, 0.1) is 26.6 Å². The Kier molecular flexibility index (Phi) is 4.99. The number of para-hydroxylation sites is 1. The molecule has 0 aliphatic rings. The zero-order chi connectivity index (χ0) is 19.7. The Labute approximate surface area is 156 Å². The summed E-state index contributed by atoms with van der Waals surface area (Å²) in [6.45, 7) is 6.90. The van der Waals surface area contributed by atoms with Crippen LogP contribution in [0.15, 0.2) is 40.8 Å². The summed E-state index contributed by atoms with van der Waals surface area (Å²) in [6, 6.07) is 9.66. The quantitative estimate of drug-likeness (QED) is 0.678. The van der Waals surface area contributed by atoms with Gasteiger partial charge in [-0.1, -0.05) is 18.2 Å². The smallest absolute Gasteiger partial charge is 0.375 e. The number of hydrogen-bond acceptors (Lipinski definition) is 4. The van der Waals surface area contributed by atoms with Gasteiger partial charge in [0.2, 0.25) is 5.76 Å². The lowest BCUT2D eigenvalue weighted by molar-refractivity contribution is -0.123. The summed E-state index contributed by atoms with van der Waals surface area (Å²) in [7, 11) is 0. The molecule has 1 heterocycles. The van der Waals surface area contributed by atoms with E-state index in [-0.39, 0.29) is 5.76 Å². The number of esters is 1. The minimum absolute atomic E-state index is 0.0395. The SMILES string of the molecule is Cc1cccc(C)c1NC(=O)[C@@H](C)OC(=O)c1oc2ccc(F)cc2c1C. The molecule has 3 rings (SSSR count). The van der Waals surface area contributed by atoms with Gasteiger partial charge in [0.1, 0.15) is 11.4 Å². The lowest BCUT2D eigenvalue weighted by Crippen LogP contribution is -2.30. The second-order valence-corrected chi connectivity index (χ2v) is 6.50. The molecule has 0 saturated carbocycles. The fraction of sp³-hybridized carbons (Fsp3) is 0.238. The number of nitrogens with one attached hydrogen (secondary N) is 1. The molecule has 0 aliphatic heterocycles. The van der Waals surface area contributed by atoms with Crippen LogP contribution >= 0.6 is 0 Å². The van der Waals surface area contributed by atoms with E-state index in [4.69, 9.17) is 9.15 Å². The third-order valence-corrected chi connectivity index (χ3v) is 4.47. The molecule has 0 aliphatic carbocycles. The Balaban J connectivity index is 1.76. The molecule has 1 N–H and O–H groups in total. The van der Waals surface area contributed by atoms with Gasteiger partial charge in [0.15, 0.2) is 6.10 Å². The van der Waals surface area contributed by atoms with E-state index >= 15 is 0 Å². The molecule has 140 valence electrons. The molecule has 1 atom stereocenters. The average molecular weight is 369 g/mol. The molecule has 0 spiro atoms. The van der Waals surface area contributed by atoms with E-state index in [1.807, 2.05) is 32.0 Å². The largest absolute Gasteiger partial charge is 0.449 e. The third kappa shape index (κ3) is 3.69. The highest BCUT2D eigenvalue weighted by molar-refractivity contribution is 5.99. The molecule has 0 bridgehead atoms. The molecule has 0 saturated heterocycles. The topological polar surface area (TPSA) is 68.5 Å². The van der Waals surface area contributed by atoms with Gasteiger partial charge in [-0.05, 0) is 57.0 Å². The van der Waals surface area contributed by atoms with Crippen molar-refractivity contribution in [3.05, 3.63) is 64.7 Å². The summed E-state index contributed by atoms with van der Waals surface area (Å²) in [6.07, 6.45) is -1.03. The zero-order valence-electron chi connectivity index (χ0n) is 15.6. The number of ether oxygens (including phenoxy) is 1. The standard InChI is InChI=1S/C21H20FNO4/c1-11-6-5-7-12(2)18(11)23-20(24)14(4)26-21(25)19-13(3)16-10-15(22)8-9-17(16)27-19/h5-10,14H,1-4H3,(H,23,24)/t14-/m1/s1. The fourth-order valence-electron chi connectivity index (χ4n) is 2.89. The van der Waals surface area contributed by atoms with Crippen molar-refractivity contribution in [1.82, 2.24) is 0 Å². The maximum absolute atomic E-state index is 13.4. The molecule has 6 heteroatoms. The molecule has 0 fully saturated rings. The Morgan fingerprint density at radius 3 is 2.44 bits per heavy atom. The van der Waals surface area contributed by atoms with Crippen LogP contribution in [0.2, 0.25) is 0 Å². The van der Waals surface area contributed by atoms with Crippen LogP contribution < -0.4 is 5.32 Å². The number of carbonyl (C=O) groups excluding carboxylic acids is 2. The predicted octanol–water partition coefficient (Wildman–Crippen LogP) is 4.68. The van der Waals surface area contributed by atoms with Crippen molar-refractivity contribution in [3.63, 3.8) is 0 Å². The van der Waals surface area contributed by atoms with Gasteiger partial charge >= 0.3 is 5.97 Å². The summed E-state index contributed by atoms with van der Waals surface area (Å²) in [5.74, 6) is -1.68. The van der Waals surface area contributed by atoms with Crippen LogP contribution in [-0.4, -0.2) is 18.0 Å². The molecule has 5 nitrogen and oxygen atoms in total. The number of anilines is 1. The van der Waals surface area contributed by atoms with Gasteiger partial charge in [0.05, 0.1) is 0 Å². The van der Waals surface area contributed by atoms with Crippen molar-refractivity contribution in [3.8, 4) is 0 Å². The number of halogens is 1.